The molecule has 1 aromatic rings. The maximum absolute atomic E-state index is 4.88. The van der Waals surface area contributed by atoms with Gasteiger partial charge in [-0.1, -0.05) is 5.16 Å². The van der Waals surface area contributed by atoms with Crippen LogP contribution in [0.5, 0.6) is 0 Å². The van der Waals surface area contributed by atoms with Gasteiger partial charge in [0.25, 0.3) is 0 Å². The lowest BCUT2D eigenvalue weighted by Crippen LogP contribution is -2.37. The van der Waals surface area contributed by atoms with Crippen LogP contribution in [-0.2, 0) is 0 Å². The first kappa shape index (κ1) is 9.71. The minimum absolute atomic E-state index is 0.615. The van der Waals surface area contributed by atoms with Crippen LogP contribution in [0.15, 0.2) is 16.9 Å². The minimum atomic E-state index is 0.615. The monoisotopic (exact) mass is 194 g/mol. The van der Waals surface area contributed by atoms with Crippen LogP contribution in [0.2, 0.25) is 0 Å². The van der Waals surface area contributed by atoms with Crippen molar-refractivity contribution < 1.29 is 4.52 Å². The summed E-state index contributed by atoms with van der Waals surface area (Å²) >= 11 is 0. The lowest BCUT2D eigenvalue weighted by molar-refractivity contribution is 0.169. The molecule has 14 heavy (non-hydrogen) atoms. The zero-order valence-electron chi connectivity index (χ0n) is 8.94. The van der Waals surface area contributed by atoms with Crippen molar-refractivity contribution in [1.82, 2.24) is 10.1 Å². The Morgan fingerprint density at radius 3 is 2.64 bits per heavy atom. The van der Waals surface area contributed by atoms with E-state index in [2.05, 4.69) is 23.9 Å². The number of hydrogen-bond acceptors (Lipinski definition) is 3. The van der Waals surface area contributed by atoms with Crippen molar-refractivity contribution in [2.24, 2.45) is 0 Å². The summed E-state index contributed by atoms with van der Waals surface area (Å²) in [6, 6.07) is 2.67. The van der Waals surface area contributed by atoms with Crippen molar-refractivity contribution in [3.63, 3.8) is 0 Å². The summed E-state index contributed by atoms with van der Waals surface area (Å²) in [5, 5.41) is 4.02. The fraction of sp³-hybridized carbons (Fsp3) is 0.727. The molecule has 78 valence electrons. The standard InChI is InChI=1S/C11H18N2O/c1-9(2)13-6-3-10(4-7-13)11-5-8-14-12-11/h5,8-10H,3-4,6-7H2,1-2H3. The van der Waals surface area contributed by atoms with E-state index in [-0.39, 0.29) is 0 Å². The molecule has 0 radical (unpaired) electrons. The van der Waals surface area contributed by atoms with Crippen LogP contribution in [0.4, 0.5) is 0 Å². The molecule has 3 nitrogen and oxygen atoms in total. The second-order valence-electron chi connectivity index (χ2n) is 4.33. The van der Waals surface area contributed by atoms with E-state index < -0.39 is 0 Å². The highest BCUT2D eigenvalue weighted by atomic mass is 16.5. The summed E-state index contributed by atoms with van der Waals surface area (Å²) in [5.41, 5.74) is 1.13. The Bertz CT molecular complexity index is 261. The van der Waals surface area contributed by atoms with Gasteiger partial charge in [-0.3, -0.25) is 0 Å². The molecule has 0 aromatic carbocycles. The maximum atomic E-state index is 4.88. The Balaban J connectivity index is 1.90. The van der Waals surface area contributed by atoms with Gasteiger partial charge in [0.05, 0.1) is 5.69 Å². The van der Waals surface area contributed by atoms with Crippen LogP contribution < -0.4 is 0 Å². The molecule has 0 saturated carbocycles. The highest BCUT2D eigenvalue weighted by molar-refractivity contribution is 5.05. The molecule has 2 rings (SSSR count). The predicted molar refractivity (Wildman–Crippen MR) is 55.2 cm³/mol. The Kier molecular flexibility index (Phi) is 2.87. The smallest absolute Gasteiger partial charge is 0.124 e. The zero-order chi connectivity index (χ0) is 9.97. The van der Waals surface area contributed by atoms with Gasteiger partial charge < -0.3 is 9.42 Å². The maximum Gasteiger partial charge on any atom is 0.124 e. The van der Waals surface area contributed by atoms with Crippen molar-refractivity contribution in [2.75, 3.05) is 13.1 Å². The molecule has 0 amide bonds. The summed E-state index contributed by atoms with van der Waals surface area (Å²) in [5.74, 6) is 0.615. The second-order valence-corrected chi connectivity index (χ2v) is 4.33. The van der Waals surface area contributed by atoms with E-state index in [0.29, 0.717) is 12.0 Å². The zero-order valence-corrected chi connectivity index (χ0v) is 8.94. The van der Waals surface area contributed by atoms with Crippen LogP contribution in [0.3, 0.4) is 0 Å². The summed E-state index contributed by atoms with van der Waals surface area (Å²) in [6.07, 6.45) is 4.10. The van der Waals surface area contributed by atoms with Crippen molar-refractivity contribution in [3.05, 3.63) is 18.0 Å². The average Bonchev–Trinajstić information content (AvgIpc) is 2.71. The molecule has 0 aliphatic carbocycles. The summed E-state index contributed by atoms with van der Waals surface area (Å²) < 4.78 is 4.88. The first-order valence-corrected chi connectivity index (χ1v) is 5.41. The third kappa shape index (κ3) is 1.98. The SMILES string of the molecule is CC(C)N1CCC(c2ccon2)CC1. The lowest BCUT2D eigenvalue weighted by Gasteiger charge is -2.33. The lowest BCUT2D eigenvalue weighted by atomic mass is 9.93. The third-order valence-electron chi connectivity index (χ3n) is 3.14. The molecule has 1 fully saturated rings. The topological polar surface area (TPSA) is 29.3 Å². The van der Waals surface area contributed by atoms with E-state index >= 15 is 0 Å². The molecule has 0 spiro atoms. The van der Waals surface area contributed by atoms with Crippen LogP contribution in [0.1, 0.15) is 38.3 Å². The molecule has 0 unspecified atom stereocenters. The number of piperidine rings is 1. The number of likely N-dealkylation sites (tertiary alicyclic amines) is 1. The van der Waals surface area contributed by atoms with Crippen LogP contribution in [0, 0.1) is 0 Å². The number of aromatic nitrogens is 1. The van der Waals surface area contributed by atoms with Crippen molar-refractivity contribution in [2.45, 2.75) is 38.6 Å². The third-order valence-corrected chi connectivity index (χ3v) is 3.14. The van der Waals surface area contributed by atoms with Crippen molar-refractivity contribution in [3.8, 4) is 0 Å². The van der Waals surface area contributed by atoms with E-state index in [9.17, 15) is 0 Å². The van der Waals surface area contributed by atoms with Gasteiger partial charge in [0, 0.05) is 18.0 Å². The molecule has 1 saturated heterocycles. The first-order valence-electron chi connectivity index (χ1n) is 5.41. The fourth-order valence-electron chi connectivity index (χ4n) is 2.14. The van der Waals surface area contributed by atoms with Crippen molar-refractivity contribution >= 4 is 0 Å². The highest BCUT2D eigenvalue weighted by Crippen LogP contribution is 2.27. The Morgan fingerprint density at radius 2 is 2.14 bits per heavy atom. The summed E-state index contributed by atoms with van der Waals surface area (Å²) in [7, 11) is 0. The number of rotatable bonds is 2. The summed E-state index contributed by atoms with van der Waals surface area (Å²) in [4.78, 5) is 2.52. The normalized spacial score (nSPS) is 20.5. The van der Waals surface area contributed by atoms with E-state index in [1.165, 1.54) is 25.9 Å². The fourth-order valence-corrected chi connectivity index (χ4v) is 2.14. The van der Waals surface area contributed by atoms with Gasteiger partial charge in [-0.05, 0) is 39.8 Å². The van der Waals surface area contributed by atoms with Crippen LogP contribution in [-0.4, -0.2) is 29.2 Å². The van der Waals surface area contributed by atoms with Crippen LogP contribution in [0.25, 0.3) is 0 Å². The molecule has 0 atom stereocenters. The largest absolute Gasteiger partial charge is 0.365 e. The first-order chi connectivity index (χ1) is 6.77. The van der Waals surface area contributed by atoms with E-state index in [1.807, 2.05) is 6.07 Å². The quantitative estimate of drug-likeness (QED) is 0.723. The summed E-state index contributed by atoms with van der Waals surface area (Å²) in [6.45, 7) is 6.90. The minimum Gasteiger partial charge on any atom is -0.365 e. The number of hydrogen-bond donors (Lipinski definition) is 0. The van der Waals surface area contributed by atoms with Gasteiger partial charge in [-0.15, -0.1) is 0 Å². The molecule has 1 aromatic heterocycles. The molecule has 2 heterocycles. The Morgan fingerprint density at radius 1 is 1.43 bits per heavy atom. The molecular weight excluding hydrogens is 176 g/mol. The molecule has 1 aliphatic heterocycles. The predicted octanol–water partition coefficient (Wildman–Crippen LogP) is 2.26. The van der Waals surface area contributed by atoms with E-state index in [4.69, 9.17) is 4.52 Å². The van der Waals surface area contributed by atoms with E-state index in [0.717, 1.165) is 5.69 Å². The highest BCUT2D eigenvalue weighted by Gasteiger charge is 2.23. The van der Waals surface area contributed by atoms with Gasteiger partial charge in [-0.2, -0.15) is 0 Å². The molecule has 0 N–H and O–H groups in total. The molecule has 1 aliphatic rings. The Labute approximate surface area is 85.1 Å². The van der Waals surface area contributed by atoms with Gasteiger partial charge in [0.2, 0.25) is 0 Å². The number of nitrogens with zero attached hydrogens (tertiary/aromatic N) is 2. The van der Waals surface area contributed by atoms with Gasteiger partial charge in [-0.25, -0.2) is 0 Å². The Hall–Kier alpha value is -0.830. The van der Waals surface area contributed by atoms with Gasteiger partial charge in [0.15, 0.2) is 0 Å². The van der Waals surface area contributed by atoms with Crippen molar-refractivity contribution in [1.29, 1.82) is 0 Å². The van der Waals surface area contributed by atoms with Gasteiger partial charge >= 0.3 is 0 Å². The molecule has 3 heteroatoms. The second kappa shape index (κ2) is 4.13. The molecular formula is C11H18N2O. The van der Waals surface area contributed by atoms with Gasteiger partial charge in [0.1, 0.15) is 6.26 Å². The average molecular weight is 194 g/mol. The van der Waals surface area contributed by atoms with Crippen LogP contribution >= 0.6 is 0 Å². The van der Waals surface area contributed by atoms with E-state index in [1.54, 1.807) is 6.26 Å². The molecule has 0 bridgehead atoms.